The van der Waals surface area contributed by atoms with Crippen molar-refractivity contribution >= 4 is 5.91 Å². The molecule has 0 radical (unpaired) electrons. The summed E-state index contributed by atoms with van der Waals surface area (Å²) in [6.07, 6.45) is 4.71. The van der Waals surface area contributed by atoms with E-state index in [4.69, 9.17) is 0 Å². The Kier molecular flexibility index (Phi) is 5.23. The number of nitrogens with zero attached hydrogens (tertiary/aromatic N) is 1. The van der Waals surface area contributed by atoms with E-state index in [-0.39, 0.29) is 12.5 Å². The van der Waals surface area contributed by atoms with Crippen molar-refractivity contribution in [2.45, 2.75) is 70.9 Å². The highest BCUT2D eigenvalue weighted by Crippen LogP contribution is 2.35. The molecule has 0 bridgehead atoms. The molecular formula is C16H28F2N2O. The van der Waals surface area contributed by atoms with Crippen LogP contribution in [0.2, 0.25) is 0 Å². The molecule has 0 aromatic carbocycles. The zero-order valence-corrected chi connectivity index (χ0v) is 13.4. The molecule has 2 rings (SSSR count). The minimum atomic E-state index is -2.82. The maximum atomic E-state index is 14.2. The molecule has 2 fully saturated rings. The van der Waals surface area contributed by atoms with Crippen LogP contribution in [-0.4, -0.2) is 41.9 Å². The van der Waals surface area contributed by atoms with Crippen molar-refractivity contribution in [2.75, 3.05) is 13.1 Å². The number of carbonyl (C=O) groups excluding carboxylic acids is 1. The molecule has 2 aliphatic rings. The van der Waals surface area contributed by atoms with Gasteiger partial charge in [-0.15, -0.1) is 0 Å². The highest BCUT2D eigenvalue weighted by atomic mass is 19.3. The summed E-state index contributed by atoms with van der Waals surface area (Å²) in [5.74, 6) is -1.75. The van der Waals surface area contributed by atoms with E-state index in [0.717, 1.165) is 31.6 Å². The van der Waals surface area contributed by atoms with Crippen molar-refractivity contribution in [3.05, 3.63) is 0 Å². The smallest absolute Gasteiger partial charge is 0.280 e. The molecule has 3 nitrogen and oxygen atoms in total. The van der Waals surface area contributed by atoms with E-state index in [9.17, 15) is 13.6 Å². The topological polar surface area (TPSA) is 32.3 Å². The van der Waals surface area contributed by atoms with Gasteiger partial charge in [-0.1, -0.05) is 13.8 Å². The molecule has 5 heteroatoms. The first-order valence-electron chi connectivity index (χ1n) is 8.18. The number of amides is 1. The maximum Gasteiger partial charge on any atom is 0.280 e. The molecule has 1 unspecified atom stereocenters. The van der Waals surface area contributed by atoms with Crippen LogP contribution in [0.25, 0.3) is 0 Å². The Morgan fingerprint density at radius 3 is 2.29 bits per heavy atom. The average molecular weight is 302 g/mol. The maximum absolute atomic E-state index is 14.2. The van der Waals surface area contributed by atoms with Crippen molar-refractivity contribution in [1.82, 2.24) is 10.2 Å². The van der Waals surface area contributed by atoms with Gasteiger partial charge in [-0.2, -0.15) is 0 Å². The largest absolute Gasteiger partial charge is 0.347 e. The van der Waals surface area contributed by atoms with Gasteiger partial charge in [-0.05, 0) is 43.9 Å². The lowest BCUT2D eigenvalue weighted by Gasteiger charge is -2.44. The summed E-state index contributed by atoms with van der Waals surface area (Å²) in [5.41, 5.74) is 0. The first kappa shape index (κ1) is 16.7. The van der Waals surface area contributed by atoms with Crippen molar-refractivity contribution in [2.24, 2.45) is 11.8 Å². The van der Waals surface area contributed by atoms with Crippen molar-refractivity contribution in [3.63, 3.8) is 0 Å². The number of hydrogen-bond donors (Lipinski definition) is 1. The first-order chi connectivity index (χ1) is 9.79. The number of alkyl halides is 2. The minimum absolute atomic E-state index is 0.213. The number of carbonyl (C=O) groups is 1. The van der Waals surface area contributed by atoms with Crippen molar-refractivity contribution in [3.8, 4) is 0 Å². The summed E-state index contributed by atoms with van der Waals surface area (Å²) in [5, 5.41) is 2.40. The number of rotatable bonds is 3. The normalized spacial score (nSPS) is 33.9. The molecule has 0 aromatic heterocycles. The Hall–Kier alpha value is -0.710. The summed E-state index contributed by atoms with van der Waals surface area (Å²) >= 11 is 0. The quantitative estimate of drug-likeness (QED) is 0.869. The molecule has 1 N–H and O–H groups in total. The lowest BCUT2D eigenvalue weighted by atomic mass is 9.79. The van der Waals surface area contributed by atoms with Gasteiger partial charge in [-0.25, -0.2) is 8.78 Å². The van der Waals surface area contributed by atoms with E-state index in [0.29, 0.717) is 24.9 Å². The predicted molar refractivity (Wildman–Crippen MR) is 79.3 cm³/mol. The Balaban J connectivity index is 1.88. The molecule has 0 aromatic rings. The number of halogens is 2. The highest BCUT2D eigenvalue weighted by molar-refractivity contribution is 5.73. The number of hydrogen-bond acceptors (Lipinski definition) is 2. The van der Waals surface area contributed by atoms with Crippen LogP contribution in [0.5, 0.6) is 0 Å². The number of nitrogens with one attached hydrogen (secondary N) is 1. The third-order valence-electron chi connectivity index (χ3n) is 5.21. The van der Waals surface area contributed by atoms with Gasteiger partial charge in [0.2, 0.25) is 5.91 Å². The molecule has 122 valence electrons. The Morgan fingerprint density at radius 2 is 1.81 bits per heavy atom. The molecule has 1 heterocycles. The van der Waals surface area contributed by atoms with Crippen molar-refractivity contribution < 1.29 is 13.6 Å². The predicted octanol–water partition coefficient (Wildman–Crippen LogP) is 3.05. The minimum Gasteiger partial charge on any atom is -0.347 e. The lowest BCUT2D eigenvalue weighted by molar-refractivity contribution is -0.131. The van der Waals surface area contributed by atoms with Crippen LogP contribution in [0.15, 0.2) is 0 Å². The zero-order chi connectivity index (χ0) is 15.6. The molecular weight excluding hydrogens is 274 g/mol. The van der Waals surface area contributed by atoms with Gasteiger partial charge in [0.25, 0.3) is 5.92 Å². The van der Waals surface area contributed by atoms with Gasteiger partial charge in [-0.3, -0.25) is 9.69 Å². The second-order valence-corrected chi connectivity index (χ2v) is 7.09. The SMILES string of the molecule is CC(=O)NC1CCN(C2CCC(C(C)C)CC2)CC1(F)F. The summed E-state index contributed by atoms with van der Waals surface area (Å²) in [6.45, 7) is 6.25. The fraction of sp³-hybridized carbons (Fsp3) is 0.938. The van der Waals surface area contributed by atoms with Crippen LogP contribution in [0, 0.1) is 11.8 Å². The van der Waals surface area contributed by atoms with Crippen LogP contribution in [0.1, 0.15) is 52.9 Å². The van der Waals surface area contributed by atoms with Gasteiger partial charge in [0, 0.05) is 19.5 Å². The zero-order valence-electron chi connectivity index (χ0n) is 13.4. The molecule has 1 aliphatic heterocycles. The Labute approximate surface area is 126 Å². The molecule has 0 spiro atoms. The summed E-state index contributed by atoms with van der Waals surface area (Å²) in [4.78, 5) is 13.0. The van der Waals surface area contributed by atoms with Crippen molar-refractivity contribution in [1.29, 1.82) is 0 Å². The molecule has 1 saturated heterocycles. The van der Waals surface area contributed by atoms with Crippen LogP contribution < -0.4 is 5.32 Å². The Bertz CT molecular complexity index is 365. The van der Waals surface area contributed by atoms with Gasteiger partial charge >= 0.3 is 0 Å². The number of piperidine rings is 1. The molecule has 21 heavy (non-hydrogen) atoms. The van der Waals surface area contributed by atoms with Crippen LogP contribution in [-0.2, 0) is 4.79 Å². The van der Waals surface area contributed by atoms with Crippen LogP contribution in [0.4, 0.5) is 8.78 Å². The molecule has 1 saturated carbocycles. The monoisotopic (exact) mass is 302 g/mol. The van der Waals surface area contributed by atoms with Gasteiger partial charge in [0.15, 0.2) is 0 Å². The van der Waals surface area contributed by atoms with E-state index in [1.807, 2.05) is 4.90 Å². The molecule has 1 amide bonds. The Morgan fingerprint density at radius 1 is 1.19 bits per heavy atom. The number of likely N-dealkylation sites (tertiary alicyclic amines) is 1. The second-order valence-electron chi connectivity index (χ2n) is 7.09. The van der Waals surface area contributed by atoms with E-state index >= 15 is 0 Å². The lowest BCUT2D eigenvalue weighted by Crippen LogP contribution is -2.60. The summed E-state index contributed by atoms with van der Waals surface area (Å²) in [6, 6.07) is -0.706. The molecule has 1 aliphatic carbocycles. The van der Waals surface area contributed by atoms with E-state index < -0.39 is 12.0 Å². The van der Waals surface area contributed by atoms with E-state index in [1.54, 1.807) is 0 Å². The first-order valence-corrected chi connectivity index (χ1v) is 8.18. The second kappa shape index (κ2) is 6.59. The third kappa shape index (κ3) is 4.15. The van der Waals surface area contributed by atoms with E-state index in [1.165, 1.54) is 6.92 Å². The summed E-state index contributed by atoms with van der Waals surface area (Å²) < 4.78 is 28.4. The van der Waals surface area contributed by atoms with Gasteiger partial charge in [0.1, 0.15) is 0 Å². The molecule has 1 atom stereocenters. The van der Waals surface area contributed by atoms with Crippen LogP contribution >= 0.6 is 0 Å². The van der Waals surface area contributed by atoms with E-state index in [2.05, 4.69) is 19.2 Å². The fourth-order valence-electron chi connectivity index (χ4n) is 3.83. The van der Waals surface area contributed by atoms with Gasteiger partial charge < -0.3 is 5.32 Å². The summed E-state index contributed by atoms with van der Waals surface area (Å²) in [7, 11) is 0. The highest BCUT2D eigenvalue weighted by Gasteiger charge is 2.46. The third-order valence-corrected chi connectivity index (χ3v) is 5.21. The van der Waals surface area contributed by atoms with Gasteiger partial charge in [0.05, 0.1) is 12.6 Å². The standard InChI is InChI=1S/C16H28F2N2O/c1-11(2)13-4-6-14(7-5-13)20-9-8-15(19-12(3)21)16(17,18)10-20/h11,13-15H,4-10H2,1-3H3,(H,19,21). The van der Waals surface area contributed by atoms with Crippen LogP contribution in [0.3, 0.4) is 0 Å². The fourth-order valence-corrected chi connectivity index (χ4v) is 3.83. The average Bonchev–Trinajstić information content (AvgIpc) is 2.40.